The van der Waals surface area contributed by atoms with Gasteiger partial charge in [-0.2, -0.15) is 0 Å². The van der Waals surface area contributed by atoms with Gasteiger partial charge in [-0.25, -0.2) is 0 Å². The number of nitrogens with one attached hydrogen (secondary N) is 2. The smallest absolute Gasteiger partial charge is 0.220 e. The SMILES string of the molecule is CNCCCC(=O)NCCc1ccc2ccccc2c1.Cl. The third kappa shape index (κ3) is 5.74. The van der Waals surface area contributed by atoms with Gasteiger partial charge in [-0.3, -0.25) is 4.79 Å². The van der Waals surface area contributed by atoms with Crippen LogP contribution in [0.1, 0.15) is 18.4 Å². The number of rotatable bonds is 7. The molecule has 0 saturated heterocycles. The second-order valence-electron chi connectivity index (χ2n) is 4.99. The Morgan fingerprint density at radius 3 is 2.57 bits per heavy atom. The average Bonchev–Trinajstić information content (AvgIpc) is 2.47. The zero-order valence-corrected chi connectivity index (χ0v) is 13.2. The van der Waals surface area contributed by atoms with Gasteiger partial charge in [0.1, 0.15) is 0 Å². The zero-order chi connectivity index (χ0) is 14.2. The fraction of sp³-hybridized carbons (Fsp3) is 0.353. The highest BCUT2D eigenvalue weighted by molar-refractivity contribution is 5.85. The van der Waals surface area contributed by atoms with E-state index >= 15 is 0 Å². The fourth-order valence-corrected chi connectivity index (χ4v) is 2.25. The van der Waals surface area contributed by atoms with Crippen LogP contribution in [0.3, 0.4) is 0 Å². The van der Waals surface area contributed by atoms with Crippen molar-refractivity contribution >= 4 is 29.1 Å². The van der Waals surface area contributed by atoms with Gasteiger partial charge in [-0.05, 0) is 42.8 Å². The van der Waals surface area contributed by atoms with Crippen molar-refractivity contribution in [1.82, 2.24) is 10.6 Å². The fourth-order valence-electron chi connectivity index (χ4n) is 2.25. The molecular weight excluding hydrogens is 284 g/mol. The Morgan fingerprint density at radius 1 is 1.05 bits per heavy atom. The van der Waals surface area contributed by atoms with E-state index in [0.29, 0.717) is 13.0 Å². The molecule has 0 fully saturated rings. The Hall–Kier alpha value is -1.58. The lowest BCUT2D eigenvalue weighted by atomic mass is 10.1. The average molecular weight is 307 g/mol. The molecule has 1 amide bonds. The molecular formula is C17H23ClN2O. The van der Waals surface area contributed by atoms with Crippen molar-refractivity contribution < 1.29 is 4.79 Å². The van der Waals surface area contributed by atoms with Crippen LogP contribution in [0.2, 0.25) is 0 Å². The lowest BCUT2D eigenvalue weighted by Gasteiger charge is -2.06. The summed E-state index contributed by atoms with van der Waals surface area (Å²) in [6.45, 7) is 1.59. The van der Waals surface area contributed by atoms with Gasteiger partial charge in [-0.1, -0.05) is 42.5 Å². The summed E-state index contributed by atoms with van der Waals surface area (Å²) in [7, 11) is 1.90. The van der Waals surface area contributed by atoms with E-state index in [4.69, 9.17) is 0 Å². The number of fused-ring (bicyclic) bond motifs is 1. The molecule has 0 aliphatic heterocycles. The monoisotopic (exact) mass is 306 g/mol. The molecule has 0 aliphatic carbocycles. The number of halogens is 1. The third-order valence-corrected chi connectivity index (χ3v) is 3.38. The lowest BCUT2D eigenvalue weighted by molar-refractivity contribution is -0.121. The summed E-state index contributed by atoms with van der Waals surface area (Å²) < 4.78 is 0. The number of carbonyl (C=O) groups is 1. The molecule has 2 rings (SSSR count). The summed E-state index contributed by atoms with van der Waals surface area (Å²) in [5.74, 6) is 0.140. The molecule has 3 nitrogen and oxygen atoms in total. The molecule has 2 aromatic carbocycles. The van der Waals surface area contributed by atoms with Crippen LogP contribution < -0.4 is 10.6 Å². The van der Waals surface area contributed by atoms with E-state index in [2.05, 4.69) is 47.0 Å². The first-order valence-electron chi connectivity index (χ1n) is 7.18. The standard InChI is InChI=1S/C17H22N2O.ClH/c1-18-11-4-7-17(20)19-12-10-14-8-9-15-5-2-3-6-16(15)13-14;/h2-3,5-6,8-9,13,18H,4,7,10-12H2,1H3,(H,19,20);1H. The minimum atomic E-state index is 0. The van der Waals surface area contributed by atoms with Gasteiger partial charge in [0.15, 0.2) is 0 Å². The van der Waals surface area contributed by atoms with Gasteiger partial charge < -0.3 is 10.6 Å². The van der Waals surface area contributed by atoms with Crippen LogP contribution in [0, 0.1) is 0 Å². The molecule has 0 spiro atoms. The molecule has 0 radical (unpaired) electrons. The van der Waals surface area contributed by atoms with Crippen molar-refractivity contribution in [3.05, 3.63) is 48.0 Å². The number of amides is 1. The van der Waals surface area contributed by atoms with Gasteiger partial charge in [0.25, 0.3) is 0 Å². The molecule has 114 valence electrons. The first-order chi connectivity index (χ1) is 9.79. The van der Waals surface area contributed by atoms with E-state index in [0.717, 1.165) is 19.4 Å². The lowest BCUT2D eigenvalue weighted by Crippen LogP contribution is -2.26. The normalized spacial score (nSPS) is 10.1. The maximum absolute atomic E-state index is 11.6. The predicted molar refractivity (Wildman–Crippen MR) is 91.1 cm³/mol. The highest BCUT2D eigenvalue weighted by atomic mass is 35.5. The number of hydrogen-bond acceptors (Lipinski definition) is 2. The highest BCUT2D eigenvalue weighted by Gasteiger charge is 2.01. The minimum Gasteiger partial charge on any atom is -0.356 e. The van der Waals surface area contributed by atoms with E-state index in [-0.39, 0.29) is 18.3 Å². The Balaban J connectivity index is 0.00000220. The molecule has 4 heteroatoms. The maximum Gasteiger partial charge on any atom is 0.220 e. The van der Waals surface area contributed by atoms with Gasteiger partial charge in [0.2, 0.25) is 5.91 Å². The minimum absolute atomic E-state index is 0. The first kappa shape index (κ1) is 17.5. The van der Waals surface area contributed by atoms with Crippen LogP contribution in [0.15, 0.2) is 42.5 Å². The molecule has 0 unspecified atom stereocenters. The summed E-state index contributed by atoms with van der Waals surface area (Å²) in [6, 6.07) is 14.8. The quantitative estimate of drug-likeness (QED) is 0.772. The molecule has 0 atom stereocenters. The molecule has 0 aliphatic rings. The van der Waals surface area contributed by atoms with Crippen molar-refractivity contribution in [3.63, 3.8) is 0 Å². The number of hydrogen-bond donors (Lipinski definition) is 2. The second-order valence-corrected chi connectivity index (χ2v) is 4.99. The summed E-state index contributed by atoms with van der Waals surface area (Å²) >= 11 is 0. The molecule has 2 N–H and O–H groups in total. The first-order valence-corrected chi connectivity index (χ1v) is 7.18. The van der Waals surface area contributed by atoms with Crippen molar-refractivity contribution in [1.29, 1.82) is 0 Å². The van der Waals surface area contributed by atoms with Crippen LogP contribution in [-0.4, -0.2) is 26.0 Å². The van der Waals surface area contributed by atoms with Crippen LogP contribution in [-0.2, 0) is 11.2 Å². The van der Waals surface area contributed by atoms with E-state index in [9.17, 15) is 4.79 Å². The highest BCUT2D eigenvalue weighted by Crippen LogP contribution is 2.15. The van der Waals surface area contributed by atoms with Crippen LogP contribution in [0.25, 0.3) is 10.8 Å². The van der Waals surface area contributed by atoms with Crippen molar-refractivity contribution in [2.24, 2.45) is 0 Å². The summed E-state index contributed by atoms with van der Waals surface area (Å²) in [5.41, 5.74) is 1.26. The predicted octanol–water partition coefficient (Wildman–Crippen LogP) is 2.92. The molecule has 0 saturated carbocycles. The van der Waals surface area contributed by atoms with Gasteiger partial charge in [0, 0.05) is 13.0 Å². The van der Waals surface area contributed by atoms with Gasteiger partial charge in [0.05, 0.1) is 0 Å². The molecule has 0 heterocycles. The third-order valence-electron chi connectivity index (χ3n) is 3.38. The van der Waals surface area contributed by atoms with Gasteiger partial charge >= 0.3 is 0 Å². The zero-order valence-electron chi connectivity index (χ0n) is 12.4. The van der Waals surface area contributed by atoms with E-state index in [1.54, 1.807) is 0 Å². The van der Waals surface area contributed by atoms with Crippen LogP contribution in [0.5, 0.6) is 0 Å². The summed E-state index contributed by atoms with van der Waals surface area (Å²) in [6.07, 6.45) is 2.36. The Bertz CT molecular complexity index is 571. The van der Waals surface area contributed by atoms with Crippen LogP contribution in [0.4, 0.5) is 0 Å². The maximum atomic E-state index is 11.6. The molecule has 0 bridgehead atoms. The van der Waals surface area contributed by atoms with Crippen molar-refractivity contribution in [2.45, 2.75) is 19.3 Å². The van der Waals surface area contributed by atoms with E-state index in [1.807, 2.05) is 13.1 Å². The largest absolute Gasteiger partial charge is 0.356 e. The van der Waals surface area contributed by atoms with E-state index in [1.165, 1.54) is 16.3 Å². The van der Waals surface area contributed by atoms with E-state index < -0.39 is 0 Å². The molecule has 21 heavy (non-hydrogen) atoms. The Morgan fingerprint density at radius 2 is 1.81 bits per heavy atom. The second kappa shape index (κ2) is 9.37. The Kier molecular flexibility index (Phi) is 7.80. The topological polar surface area (TPSA) is 41.1 Å². The van der Waals surface area contributed by atoms with Gasteiger partial charge in [-0.15, -0.1) is 12.4 Å². The Labute approximate surface area is 132 Å². The van der Waals surface area contributed by atoms with Crippen molar-refractivity contribution in [3.8, 4) is 0 Å². The summed E-state index contributed by atoms with van der Waals surface area (Å²) in [5, 5.41) is 8.53. The number of benzene rings is 2. The van der Waals surface area contributed by atoms with Crippen molar-refractivity contribution in [2.75, 3.05) is 20.1 Å². The number of carbonyl (C=O) groups excluding carboxylic acids is 1. The summed E-state index contributed by atoms with van der Waals surface area (Å²) in [4.78, 5) is 11.6. The molecule has 2 aromatic rings. The van der Waals surface area contributed by atoms with Crippen LogP contribution >= 0.6 is 12.4 Å². The molecule has 0 aromatic heterocycles.